The predicted molar refractivity (Wildman–Crippen MR) is 138 cm³/mol. The Balaban J connectivity index is 1.59. The van der Waals surface area contributed by atoms with Gasteiger partial charge < -0.3 is 4.74 Å². The van der Waals surface area contributed by atoms with E-state index in [4.69, 9.17) is 0 Å². The summed E-state index contributed by atoms with van der Waals surface area (Å²) in [5.41, 5.74) is -2.87. The fourth-order valence-electron chi connectivity index (χ4n) is 4.22. The van der Waals surface area contributed by atoms with Gasteiger partial charge in [0.05, 0.1) is 5.56 Å². The number of hydrogen-bond acceptors (Lipinski definition) is 1. The van der Waals surface area contributed by atoms with Crippen LogP contribution in [0.1, 0.15) is 48.4 Å². The molecule has 224 valence electrons. The quantitative estimate of drug-likeness (QED) is 0.0836. The number of hydrogen-bond donors (Lipinski definition) is 0. The van der Waals surface area contributed by atoms with Crippen LogP contribution >= 0.6 is 0 Å². The summed E-state index contributed by atoms with van der Waals surface area (Å²) in [6.45, 7) is 2.03. The standard InChI is InChI=1S/C32H20F10O/c1-2-3-4-5-17-6-8-21(23(33)10-17)19-13-24(34)22(25(35)14-19)9-7-18-11-26(36)30(27(37)12-18)32(41,42)43-20-15-28(38)31(40)29(39)16-20/h6,8,10-16H,2-5H2,1H3. The van der Waals surface area contributed by atoms with Crippen LogP contribution in [-0.2, 0) is 12.5 Å². The second kappa shape index (κ2) is 12.8. The van der Waals surface area contributed by atoms with Crippen LogP contribution in [0.2, 0.25) is 0 Å². The highest BCUT2D eigenvalue weighted by atomic mass is 19.3. The molecule has 0 bridgehead atoms. The van der Waals surface area contributed by atoms with Gasteiger partial charge in [-0.2, -0.15) is 8.78 Å². The van der Waals surface area contributed by atoms with Crippen molar-refractivity contribution in [2.45, 2.75) is 38.7 Å². The monoisotopic (exact) mass is 610 g/mol. The van der Waals surface area contributed by atoms with Gasteiger partial charge in [-0.05, 0) is 54.3 Å². The van der Waals surface area contributed by atoms with E-state index in [1.807, 2.05) is 12.8 Å². The molecule has 0 spiro atoms. The second-order valence-electron chi connectivity index (χ2n) is 9.47. The summed E-state index contributed by atoms with van der Waals surface area (Å²) >= 11 is 0. The lowest BCUT2D eigenvalue weighted by Gasteiger charge is -2.19. The molecule has 4 rings (SSSR count). The average Bonchev–Trinajstić information content (AvgIpc) is 2.90. The zero-order chi connectivity index (χ0) is 31.5. The second-order valence-corrected chi connectivity index (χ2v) is 9.47. The minimum Gasteiger partial charge on any atom is -0.429 e. The van der Waals surface area contributed by atoms with Crippen LogP contribution in [0.15, 0.2) is 54.6 Å². The molecule has 0 amide bonds. The Hall–Kier alpha value is -4.46. The minimum atomic E-state index is -4.83. The number of aryl methyl sites for hydroxylation is 1. The number of rotatable bonds is 8. The van der Waals surface area contributed by atoms with Crippen LogP contribution in [-0.4, -0.2) is 0 Å². The molecule has 0 atom stereocenters. The molecule has 4 aromatic carbocycles. The third kappa shape index (κ3) is 7.13. The first kappa shape index (κ1) is 31.5. The van der Waals surface area contributed by atoms with E-state index in [-0.39, 0.29) is 23.3 Å². The molecule has 0 unspecified atom stereocenters. The SMILES string of the molecule is CCCCCc1ccc(-c2cc(F)c(C#Cc3cc(F)c(C(F)(F)Oc4cc(F)c(F)c(F)c4)c(F)c3)c(F)c2)c(F)c1. The topological polar surface area (TPSA) is 9.23 Å². The third-order valence-corrected chi connectivity index (χ3v) is 6.32. The molecule has 0 saturated carbocycles. The molecule has 0 aromatic heterocycles. The van der Waals surface area contributed by atoms with Gasteiger partial charge in [-0.15, -0.1) is 0 Å². The smallest absolute Gasteiger partial charge is 0.429 e. The summed E-state index contributed by atoms with van der Waals surface area (Å²) in [5.74, 6) is -9.86. The van der Waals surface area contributed by atoms with Crippen LogP contribution in [0.5, 0.6) is 5.75 Å². The Bertz CT molecular complexity index is 1670. The van der Waals surface area contributed by atoms with E-state index in [0.717, 1.165) is 37.0 Å². The minimum absolute atomic E-state index is 0.0500. The number of benzene rings is 4. The summed E-state index contributed by atoms with van der Waals surface area (Å²) in [5, 5.41) is 0. The molecule has 0 heterocycles. The Kier molecular flexibility index (Phi) is 9.38. The molecular weight excluding hydrogens is 590 g/mol. The summed E-state index contributed by atoms with van der Waals surface area (Å²) in [6, 6.07) is 6.71. The largest absolute Gasteiger partial charge is 0.432 e. The lowest BCUT2D eigenvalue weighted by Crippen LogP contribution is -2.25. The average molecular weight is 610 g/mol. The van der Waals surface area contributed by atoms with Crippen LogP contribution in [0, 0.1) is 58.4 Å². The molecule has 43 heavy (non-hydrogen) atoms. The van der Waals surface area contributed by atoms with Gasteiger partial charge in [0, 0.05) is 23.3 Å². The molecule has 0 aliphatic heterocycles. The van der Waals surface area contributed by atoms with Crippen molar-refractivity contribution in [1.82, 2.24) is 0 Å². The highest BCUT2D eigenvalue weighted by molar-refractivity contribution is 5.66. The molecule has 11 heteroatoms. The summed E-state index contributed by atoms with van der Waals surface area (Å²) in [7, 11) is 0. The van der Waals surface area contributed by atoms with Crippen LogP contribution < -0.4 is 4.74 Å². The Morgan fingerprint density at radius 3 is 1.81 bits per heavy atom. The van der Waals surface area contributed by atoms with Gasteiger partial charge in [-0.1, -0.05) is 43.7 Å². The highest BCUT2D eigenvalue weighted by Gasteiger charge is 2.41. The summed E-state index contributed by atoms with van der Waals surface area (Å²) in [4.78, 5) is 0. The van der Waals surface area contributed by atoms with Crippen molar-refractivity contribution < 1.29 is 48.6 Å². The Morgan fingerprint density at radius 2 is 1.26 bits per heavy atom. The number of alkyl halides is 2. The maximum Gasteiger partial charge on any atom is 0.432 e. The lowest BCUT2D eigenvalue weighted by atomic mass is 9.99. The fourth-order valence-corrected chi connectivity index (χ4v) is 4.22. The summed E-state index contributed by atoms with van der Waals surface area (Å²) < 4.78 is 146. The zero-order valence-corrected chi connectivity index (χ0v) is 22.2. The molecule has 0 saturated heterocycles. The van der Waals surface area contributed by atoms with E-state index in [2.05, 4.69) is 10.7 Å². The normalized spacial score (nSPS) is 11.3. The van der Waals surface area contributed by atoms with E-state index in [0.29, 0.717) is 18.6 Å². The summed E-state index contributed by atoms with van der Waals surface area (Å²) in [6.07, 6.45) is -1.37. The maximum absolute atomic E-state index is 14.8. The van der Waals surface area contributed by atoms with E-state index in [1.165, 1.54) is 12.1 Å². The first-order chi connectivity index (χ1) is 20.3. The van der Waals surface area contributed by atoms with Crippen molar-refractivity contribution in [3.8, 4) is 28.7 Å². The molecule has 0 radical (unpaired) electrons. The van der Waals surface area contributed by atoms with Crippen molar-refractivity contribution in [3.63, 3.8) is 0 Å². The van der Waals surface area contributed by atoms with Gasteiger partial charge >= 0.3 is 6.11 Å². The van der Waals surface area contributed by atoms with Gasteiger partial charge in [0.25, 0.3) is 0 Å². The maximum atomic E-state index is 14.8. The fraction of sp³-hybridized carbons (Fsp3) is 0.188. The van der Waals surface area contributed by atoms with Gasteiger partial charge in [-0.25, -0.2) is 35.1 Å². The molecule has 0 aliphatic rings. The first-order valence-electron chi connectivity index (χ1n) is 12.8. The molecule has 4 aromatic rings. The zero-order valence-electron chi connectivity index (χ0n) is 22.2. The number of unbranched alkanes of at least 4 members (excludes halogenated alkanes) is 2. The van der Waals surface area contributed by atoms with Crippen LogP contribution in [0.4, 0.5) is 43.9 Å². The molecular formula is C32H20F10O. The molecule has 1 nitrogen and oxygen atoms in total. The van der Waals surface area contributed by atoms with Crippen molar-refractivity contribution >= 4 is 0 Å². The van der Waals surface area contributed by atoms with Gasteiger partial charge in [0.2, 0.25) is 0 Å². The number of halogens is 10. The Labute approximate surface area is 239 Å². The lowest BCUT2D eigenvalue weighted by molar-refractivity contribution is -0.189. The van der Waals surface area contributed by atoms with Gasteiger partial charge in [0.15, 0.2) is 17.5 Å². The first-order valence-corrected chi connectivity index (χ1v) is 12.8. The van der Waals surface area contributed by atoms with E-state index >= 15 is 0 Å². The van der Waals surface area contributed by atoms with Crippen molar-refractivity contribution in [2.75, 3.05) is 0 Å². The van der Waals surface area contributed by atoms with Crippen molar-refractivity contribution in [2.24, 2.45) is 0 Å². The predicted octanol–water partition coefficient (Wildman–Crippen LogP) is 9.73. The van der Waals surface area contributed by atoms with Gasteiger partial charge in [0.1, 0.15) is 40.4 Å². The highest BCUT2D eigenvalue weighted by Crippen LogP contribution is 2.36. The molecule has 0 N–H and O–H groups in total. The van der Waals surface area contributed by atoms with Crippen LogP contribution in [0.3, 0.4) is 0 Å². The van der Waals surface area contributed by atoms with E-state index in [9.17, 15) is 43.9 Å². The van der Waals surface area contributed by atoms with Gasteiger partial charge in [-0.3, -0.25) is 0 Å². The van der Waals surface area contributed by atoms with E-state index < -0.39 is 75.1 Å². The molecule has 0 fully saturated rings. The molecule has 0 aliphatic carbocycles. The van der Waals surface area contributed by atoms with Crippen molar-refractivity contribution in [1.29, 1.82) is 0 Å². The van der Waals surface area contributed by atoms with Crippen molar-refractivity contribution in [3.05, 3.63) is 123 Å². The van der Waals surface area contributed by atoms with E-state index in [1.54, 1.807) is 6.07 Å². The Morgan fingerprint density at radius 1 is 0.651 bits per heavy atom. The van der Waals surface area contributed by atoms with Crippen LogP contribution in [0.25, 0.3) is 11.1 Å². The number of ether oxygens (including phenoxy) is 1. The third-order valence-electron chi connectivity index (χ3n) is 6.32.